The highest BCUT2D eigenvalue weighted by Gasteiger charge is 2.17. The monoisotopic (exact) mass is 359 g/mol. The van der Waals surface area contributed by atoms with Crippen LogP contribution in [0.5, 0.6) is 0 Å². The fourth-order valence-corrected chi connectivity index (χ4v) is 3.10. The maximum absolute atomic E-state index is 13.6. The number of carbonyl (C=O) groups is 1. The number of halogens is 2. The van der Waals surface area contributed by atoms with Crippen LogP contribution < -0.4 is 4.72 Å². The molecule has 8 heteroatoms. The maximum atomic E-state index is 13.6. The van der Waals surface area contributed by atoms with Crippen LogP contribution in [0.4, 0.5) is 10.1 Å². The molecule has 0 aliphatic carbocycles. The van der Waals surface area contributed by atoms with Crippen molar-refractivity contribution in [1.82, 2.24) is 0 Å². The Morgan fingerprint density at radius 3 is 2.36 bits per heavy atom. The molecule has 0 spiro atoms. The van der Waals surface area contributed by atoms with Gasteiger partial charge in [0.15, 0.2) is 5.78 Å². The minimum atomic E-state index is -3.96. The van der Waals surface area contributed by atoms with Gasteiger partial charge in [0.25, 0.3) is 10.0 Å². The van der Waals surface area contributed by atoms with Crippen LogP contribution in [0, 0.1) is 5.82 Å². The molecule has 0 radical (unpaired) electrons. The van der Waals surface area contributed by atoms with Crippen LogP contribution in [-0.4, -0.2) is 20.0 Å². The lowest BCUT2D eigenvalue weighted by Crippen LogP contribution is -2.14. The van der Waals surface area contributed by atoms with Crippen molar-refractivity contribution in [2.24, 2.45) is 0 Å². The third-order valence-electron chi connectivity index (χ3n) is 2.81. The van der Waals surface area contributed by atoms with Crippen LogP contribution in [0.25, 0.3) is 0 Å². The van der Waals surface area contributed by atoms with Crippen LogP contribution in [0.15, 0.2) is 47.4 Å². The quantitative estimate of drug-likeness (QED) is 0.635. The molecule has 0 heterocycles. The SMILES string of the molecule is O=C(CS)c1ccc(S(=O)(=O)Nc2ccc(Cl)cc2F)cc1. The molecule has 0 aliphatic rings. The van der Waals surface area contributed by atoms with Crippen LogP contribution in [-0.2, 0) is 10.0 Å². The molecular formula is C14H11ClFNO3S2. The third kappa shape index (κ3) is 3.79. The van der Waals surface area contributed by atoms with Crippen molar-refractivity contribution in [1.29, 1.82) is 0 Å². The molecule has 4 nitrogen and oxygen atoms in total. The zero-order valence-corrected chi connectivity index (χ0v) is 13.6. The average Bonchev–Trinajstić information content (AvgIpc) is 2.49. The first kappa shape index (κ1) is 16.8. The van der Waals surface area contributed by atoms with E-state index in [9.17, 15) is 17.6 Å². The Morgan fingerprint density at radius 1 is 1.18 bits per heavy atom. The van der Waals surface area contributed by atoms with E-state index in [0.717, 1.165) is 6.07 Å². The highest BCUT2D eigenvalue weighted by molar-refractivity contribution is 7.92. The van der Waals surface area contributed by atoms with Crippen LogP contribution in [0.2, 0.25) is 5.02 Å². The predicted octanol–water partition coefficient (Wildman–Crippen LogP) is 3.39. The molecule has 1 N–H and O–H groups in total. The van der Waals surface area contributed by atoms with E-state index in [4.69, 9.17) is 11.6 Å². The first-order valence-electron chi connectivity index (χ1n) is 6.05. The first-order valence-corrected chi connectivity index (χ1v) is 8.55. The molecule has 0 fully saturated rings. The Balaban J connectivity index is 2.28. The summed E-state index contributed by atoms with van der Waals surface area (Å²) in [6.07, 6.45) is 0. The van der Waals surface area contributed by atoms with E-state index in [2.05, 4.69) is 17.4 Å². The van der Waals surface area contributed by atoms with Gasteiger partial charge in [0, 0.05) is 10.6 Å². The number of hydrogen-bond donors (Lipinski definition) is 2. The zero-order chi connectivity index (χ0) is 16.3. The smallest absolute Gasteiger partial charge is 0.261 e. The van der Waals surface area contributed by atoms with Gasteiger partial charge in [-0.05, 0) is 30.3 Å². The Morgan fingerprint density at radius 2 is 1.82 bits per heavy atom. The molecule has 2 aromatic carbocycles. The highest BCUT2D eigenvalue weighted by atomic mass is 35.5. The molecule has 0 unspecified atom stereocenters. The summed E-state index contributed by atoms with van der Waals surface area (Å²) in [5, 5.41) is 0.162. The van der Waals surface area contributed by atoms with Crippen molar-refractivity contribution in [2.45, 2.75) is 4.90 Å². The standard InChI is InChI=1S/C14H11ClFNO3S2/c15-10-3-6-13(12(16)7-10)17-22(19,20)11-4-1-9(2-5-11)14(18)8-21/h1-7,17,21H,8H2. The van der Waals surface area contributed by atoms with Crippen LogP contribution in [0.3, 0.4) is 0 Å². The lowest BCUT2D eigenvalue weighted by molar-refractivity contribution is 0.102. The molecule has 2 aromatic rings. The van der Waals surface area contributed by atoms with Gasteiger partial charge < -0.3 is 0 Å². The topological polar surface area (TPSA) is 63.2 Å². The molecule has 0 saturated carbocycles. The number of thiol groups is 1. The number of anilines is 1. The van der Waals surface area contributed by atoms with Crippen molar-refractivity contribution >= 4 is 45.7 Å². The summed E-state index contributed by atoms with van der Waals surface area (Å²) in [6.45, 7) is 0. The van der Waals surface area contributed by atoms with E-state index >= 15 is 0 Å². The molecule has 22 heavy (non-hydrogen) atoms. The summed E-state index contributed by atoms with van der Waals surface area (Å²) in [5.41, 5.74) is 0.145. The number of hydrogen-bond acceptors (Lipinski definition) is 4. The number of sulfonamides is 1. The number of benzene rings is 2. The van der Waals surface area contributed by atoms with E-state index in [-0.39, 0.29) is 27.1 Å². The number of rotatable bonds is 5. The van der Waals surface area contributed by atoms with E-state index in [1.165, 1.54) is 36.4 Å². The molecular weight excluding hydrogens is 349 g/mol. The van der Waals surface area contributed by atoms with Crippen LogP contribution >= 0.6 is 24.2 Å². The molecule has 0 atom stereocenters. The Hall–Kier alpha value is -1.57. The second kappa shape index (κ2) is 6.68. The second-order valence-electron chi connectivity index (χ2n) is 4.34. The molecule has 0 amide bonds. The van der Waals surface area contributed by atoms with Gasteiger partial charge in [-0.1, -0.05) is 23.7 Å². The first-order chi connectivity index (χ1) is 10.3. The maximum Gasteiger partial charge on any atom is 0.261 e. The summed E-state index contributed by atoms with van der Waals surface area (Å²) in [7, 11) is -3.96. The zero-order valence-electron chi connectivity index (χ0n) is 11.1. The summed E-state index contributed by atoms with van der Waals surface area (Å²) >= 11 is 9.47. The minimum Gasteiger partial charge on any atom is -0.293 e. The van der Waals surface area contributed by atoms with Crippen molar-refractivity contribution < 1.29 is 17.6 Å². The number of ketones is 1. The molecule has 2 rings (SSSR count). The van der Waals surface area contributed by atoms with E-state index in [1.807, 2.05) is 0 Å². The second-order valence-corrected chi connectivity index (χ2v) is 6.77. The van der Waals surface area contributed by atoms with Gasteiger partial charge >= 0.3 is 0 Å². The predicted molar refractivity (Wildman–Crippen MR) is 86.8 cm³/mol. The lowest BCUT2D eigenvalue weighted by Gasteiger charge is -2.09. The molecule has 0 bridgehead atoms. The molecule has 0 saturated heterocycles. The van der Waals surface area contributed by atoms with Gasteiger partial charge in [-0.25, -0.2) is 12.8 Å². The number of nitrogens with one attached hydrogen (secondary N) is 1. The van der Waals surface area contributed by atoms with Crippen LogP contribution in [0.1, 0.15) is 10.4 Å². The van der Waals surface area contributed by atoms with Gasteiger partial charge in [0.2, 0.25) is 0 Å². The van der Waals surface area contributed by atoms with Gasteiger partial charge in [-0.3, -0.25) is 9.52 Å². The summed E-state index contributed by atoms with van der Waals surface area (Å²) in [6, 6.07) is 8.91. The summed E-state index contributed by atoms with van der Waals surface area (Å²) in [5.74, 6) is -0.970. The summed E-state index contributed by atoms with van der Waals surface area (Å²) in [4.78, 5) is 11.4. The van der Waals surface area contributed by atoms with Gasteiger partial charge in [0.05, 0.1) is 16.3 Å². The van der Waals surface area contributed by atoms with Crippen molar-refractivity contribution in [3.63, 3.8) is 0 Å². The van der Waals surface area contributed by atoms with E-state index in [0.29, 0.717) is 5.56 Å². The average molecular weight is 360 g/mol. The van der Waals surface area contributed by atoms with Gasteiger partial charge in [-0.15, -0.1) is 0 Å². The van der Waals surface area contributed by atoms with E-state index < -0.39 is 15.8 Å². The molecule has 116 valence electrons. The van der Waals surface area contributed by atoms with Crippen molar-refractivity contribution in [3.8, 4) is 0 Å². The number of Topliss-reactive ketones (excluding diaryl/α,β-unsaturated/α-hetero) is 1. The Kier molecular flexibility index (Phi) is 5.10. The normalized spacial score (nSPS) is 11.2. The summed E-state index contributed by atoms with van der Waals surface area (Å²) < 4.78 is 40.1. The van der Waals surface area contributed by atoms with Crippen molar-refractivity contribution in [3.05, 3.63) is 58.9 Å². The highest BCUT2D eigenvalue weighted by Crippen LogP contribution is 2.22. The minimum absolute atomic E-state index is 0.0281. The fourth-order valence-electron chi connectivity index (χ4n) is 1.69. The number of carbonyl (C=O) groups excluding carboxylic acids is 1. The molecule has 0 aliphatic heterocycles. The lowest BCUT2D eigenvalue weighted by atomic mass is 10.1. The molecule has 0 aromatic heterocycles. The van der Waals surface area contributed by atoms with E-state index in [1.54, 1.807) is 0 Å². The Bertz CT molecular complexity index is 807. The largest absolute Gasteiger partial charge is 0.293 e. The van der Waals surface area contributed by atoms with Crippen molar-refractivity contribution in [2.75, 3.05) is 10.5 Å². The van der Waals surface area contributed by atoms with Gasteiger partial charge in [-0.2, -0.15) is 12.6 Å². The Labute approximate surface area is 137 Å². The van der Waals surface area contributed by atoms with Gasteiger partial charge in [0.1, 0.15) is 5.82 Å². The third-order valence-corrected chi connectivity index (χ3v) is 4.71. The fraction of sp³-hybridized carbons (Fsp3) is 0.0714.